The van der Waals surface area contributed by atoms with Crippen molar-refractivity contribution in [3.05, 3.63) is 58.9 Å². The zero-order valence-electron chi connectivity index (χ0n) is 13.5. The molecule has 0 bridgehead atoms. The summed E-state index contributed by atoms with van der Waals surface area (Å²) in [6.45, 7) is 1.64. The first-order valence-electron chi connectivity index (χ1n) is 7.61. The Morgan fingerprint density at radius 3 is 2.69 bits per heavy atom. The van der Waals surface area contributed by atoms with E-state index in [-0.39, 0.29) is 10.6 Å². The number of amides is 2. The normalized spacial score (nSPS) is 11.8. The van der Waals surface area contributed by atoms with Crippen molar-refractivity contribution in [2.75, 3.05) is 5.32 Å². The minimum Gasteiger partial charge on any atom is -0.350 e. The summed E-state index contributed by atoms with van der Waals surface area (Å²) in [5.41, 5.74) is 5.45. The molecule has 0 saturated heterocycles. The maximum absolute atomic E-state index is 13.0. The molecule has 0 aliphatic rings. The van der Waals surface area contributed by atoms with Gasteiger partial charge in [0.1, 0.15) is 11.9 Å². The second-order valence-corrected chi connectivity index (χ2v) is 6.86. The van der Waals surface area contributed by atoms with Crippen molar-refractivity contribution in [1.82, 2.24) is 15.8 Å². The predicted molar refractivity (Wildman–Crippen MR) is 99.7 cm³/mol. The summed E-state index contributed by atoms with van der Waals surface area (Å²) < 4.78 is 14.0. The molecule has 0 unspecified atom stereocenters. The second kappa shape index (κ2) is 7.67. The molecule has 1 atom stereocenters. The molecular formula is C17H14ClFN4O2S. The average molecular weight is 393 g/mol. The first-order valence-corrected chi connectivity index (χ1v) is 8.81. The fourth-order valence-electron chi connectivity index (χ4n) is 2.15. The Kier molecular flexibility index (Phi) is 5.34. The third kappa shape index (κ3) is 4.09. The number of fused-ring (bicyclic) bond motifs is 1. The summed E-state index contributed by atoms with van der Waals surface area (Å²) in [6.07, 6.45) is 0. The maximum Gasteiger partial charge on any atom is 0.271 e. The Hall–Kier alpha value is -2.71. The van der Waals surface area contributed by atoms with Gasteiger partial charge in [0.15, 0.2) is 5.13 Å². The Morgan fingerprint density at radius 2 is 1.96 bits per heavy atom. The first-order chi connectivity index (χ1) is 12.4. The number of aromatic nitrogens is 1. The SMILES string of the molecule is C[C@@H](Nc1nc2ccccc2s1)C(=O)NNC(=O)c1ccc(F)cc1Cl. The van der Waals surface area contributed by atoms with Crippen molar-refractivity contribution in [1.29, 1.82) is 0 Å². The molecule has 0 aliphatic carbocycles. The fraction of sp³-hybridized carbons (Fsp3) is 0.118. The summed E-state index contributed by atoms with van der Waals surface area (Å²) in [5.74, 6) is -1.66. The summed E-state index contributed by atoms with van der Waals surface area (Å²) in [5, 5.41) is 3.54. The predicted octanol–water partition coefficient (Wildman–Crippen LogP) is 3.35. The average Bonchev–Trinajstić information content (AvgIpc) is 3.01. The van der Waals surface area contributed by atoms with E-state index in [2.05, 4.69) is 21.2 Å². The molecule has 6 nitrogen and oxygen atoms in total. The van der Waals surface area contributed by atoms with E-state index in [1.165, 1.54) is 17.4 Å². The van der Waals surface area contributed by atoms with Crippen LogP contribution in [0.1, 0.15) is 17.3 Å². The van der Waals surface area contributed by atoms with Crippen LogP contribution in [0.5, 0.6) is 0 Å². The van der Waals surface area contributed by atoms with Crippen LogP contribution in [0, 0.1) is 5.82 Å². The number of carbonyl (C=O) groups excluding carboxylic acids is 2. The molecule has 26 heavy (non-hydrogen) atoms. The number of nitrogens with zero attached hydrogens (tertiary/aromatic N) is 1. The monoisotopic (exact) mass is 392 g/mol. The highest BCUT2D eigenvalue weighted by Crippen LogP contribution is 2.25. The minimum atomic E-state index is -0.643. The molecule has 0 saturated carbocycles. The highest BCUT2D eigenvalue weighted by molar-refractivity contribution is 7.22. The first kappa shape index (κ1) is 18.1. The molecule has 2 amide bonds. The lowest BCUT2D eigenvalue weighted by molar-refractivity contribution is -0.122. The van der Waals surface area contributed by atoms with Crippen LogP contribution in [-0.4, -0.2) is 22.8 Å². The van der Waals surface area contributed by atoms with E-state index in [9.17, 15) is 14.0 Å². The van der Waals surface area contributed by atoms with Gasteiger partial charge in [-0.15, -0.1) is 0 Å². The molecule has 9 heteroatoms. The molecule has 1 heterocycles. The third-order valence-corrected chi connectivity index (χ3v) is 4.78. The van der Waals surface area contributed by atoms with Gasteiger partial charge in [-0.3, -0.25) is 20.4 Å². The van der Waals surface area contributed by atoms with Gasteiger partial charge < -0.3 is 5.32 Å². The van der Waals surface area contributed by atoms with Gasteiger partial charge in [-0.1, -0.05) is 35.1 Å². The number of hydrazine groups is 1. The quantitative estimate of drug-likeness (QED) is 0.594. The Bertz CT molecular complexity index is 945. The van der Waals surface area contributed by atoms with Crippen molar-refractivity contribution < 1.29 is 14.0 Å². The zero-order valence-corrected chi connectivity index (χ0v) is 15.1. The largest absolute Gasteiger partial charge is 0.350 e. The smallest absolute Gasteiger partial charge is 0.271 e. The molecule has 1 aromatic heterocycles. The van der Waals surface area contributed by atoms with Crippen LogP contribution >= 0.6 is 22.9 Å². The zero-order chi connectivity index (χ0) is 18.7. The second-order valence-electron chi connectivity index (χ2n) is 5.42. The molecular weight excluding hydrogens is 379 g/mol. The molecule has 3 aromatic rings. The number of benzene rings is 2. The number of thiazole rings is 1. The molecule has 134 valence electrons. The van der Waals surface area contributed by atoms with Crippen LogP contribution in [0.4, 0.5) is 9.52 Å². The van der Waals surface area contributed by atoms with Crippen LogP contribution < -0.4 is 16.2 Å². The van der Waals surface area contributed by atoms with Crippen LogP contribution in [0.2, 0.25) is 5.02 Å². The molecule has 0 aliphatic heterocycles. The van der Waals surface area contributed by atoms with E-state index in [1.807, 2.05) is 24.3 Å². The summed E-state index contributed by atoms with van der Waals surface area (Å²) >= 11 is 7.24. The van der Waals surface area contributed by atoms with Crippen molar-refractivity contribution in [3.63, 3.8) is 0 Å². The Morgan fingerprint density at radius 1 is 1.19 bits per heavy atom. The van der Waals surface area contributed by atoms with Crippen molar-refractivity contribution in [2.45, 2.75) is 13.0 Å². The van der Waals surface area contributed by atoms with Gasteiger partial charge in [0.2, 0.25) is 0 Å². The van der Waals surface area contributed by atoms with Gasteiger partial charge in [-0.2, -0.15) is 0 Å². The van der Waals surface area contributed by atoms with Crippen LogP contribution in [0.3, 0.4) is 0 Å². The number of hydrogen-bond acceptors (Lipinski definition) is 5. The molecule has 2 aromatic carbocycles. The lowest BCUT2D eigenvalue weighted by atomic mass is 10.2. The van der Waals surface area contributed by atoms with E-state index in [0.717, 1.165) is 22.3 Å². The van der Waals surface area contributed by atoms with Gasteiger partial charge >= 0.3 is 0 Å². The van der Waals surface area contributed by atoms with Gasteiger partial charge in [-0.25, -0.2) is 9.37 Å². The maximum atomic E-state index is 13.0. The topological polar surface area (TPSA) is 83.1 Å². The third-order valence-electron chi connectivity index (χ3n) is 3.50. The number of anilines is 1. The van der Waals surface area contributed by atoms with Crippen molar-refractivity contribution >= 4 is 50.1 Å². The minimum absolute atomic E-state index is 0.0441. The summed E-state index contributed by atoms with van der Waals surface area (Å²) in [4.78, 5) is 28.5. The van der Waals surface area contributed by atoms with Gasteiger partial charge in [0, 0.05) is 0 Å². The molecule has 0 radical (unpaired) electrons. The van der Waals surface area contributed by atoms with Crippen molar-refractivity contribution in [3.8, 4) is 0 Å². The molecule has 0 fully saturated rings. The van der Waals surface area contributed by atoms with Crippen LogP contribution in [-0.2, 0) is 4.79 Å². The highest BCUT2D eigenvalue weighted by Gasteiger charge is 2.17. The van der Waals surface area contributed by atoms with Crippen LogP contribution in [0.25, 0.3) is 10.2 Å². The summed E-state index contributed by atoms with van der Waals surface area (Å²) in [7, 11) is 0. The standard InChI is InChI=1S/C17H14ClFN4O2S/c1-9(20-17-21-13-4-2-3-5-14(13)26-17)15(24)22-23-16(25)11-7-6-10(19)8-12(11)18/h2-9H,1H3,(H,20,21)(H,22,24)(H,23,25)/t9-/m1/s1. The lowest BCUT2D eigenvalue weighted by Crippen LogP contribution is -2.47. The van der Waals surface area contributed by atoms with Crippen molar-refractivity contribution in [2.24, 2.45) is 0 Å². The van der Waals surface area contributed by atoms with Gasteiger partial charge in [0.25, 0.3) is 11.8 Å². The van der Waals surface area contributed by atoms with Crippen LogP contribution in [0.15, 0.2) is 42.5 Å². The highest BCUT2D eigenvalue weighted by atomic mass is 35.5. The van der Waals surface area contributed by atoms with E-state index in [0.29, 0.717) is 5.13 Å². The Balaban J connectivity index is 1.57. The Labute approximate surface area is 157 Å². The lowest BCUT2D eigenvalue weighted by Gasteiger charge is -2.14. The number of halogens is 2. The van der Waals surface area contributed by atoms with Gasteiger partial charge in [0.05, 0.1) is 20.8 Å². The van der Waals surface area contributed by atoms with E-state index >= 15 is 0 Å². The summed E-state index contributed by atoms with van der Waals surface area (Å²) in [6, 6.07) is 10.4. The number of nitrogens with one attached hydrogen (secondary N) is 3. The van der Waals surface area contributed by atoms with E-state index in [4.69, 9.17) is 11.6 Å². The number of rotatable bonds is 4. The number of para-hydroxylation sites is 1. The van der Waals surface area contributed by atoms with Gasteiger partial charge in [-0.05, 0) is 37.3 Å². The fourth-order valence-corrected chi connectivity index (χ4v) is 3.36. The number of hydrogen-bond donors (Lipinski definition) is 3. The van der Waals surface area contributed by atoms with E-state index in [1.54, 1.807) is 6.92 Å². The molecule has 0 spiro atoms. The molecule has 3 N–H and O–H groups in total. The number of carbonyl (C=O) groups is 2. The van der Waals surface area contributed by atoms with E-state index < -0.39 is 23.7 Å². The molecule has 3 rings (SSSR count).